The second-order valence-electron chi connectivity index (χ2n) is 5.25. The minimum atomic E-state index is -4.51. The summed E-state index contributed by atoms with van der Waals surface area (Å²) in [7, 11) is 1.53. The molecule has 1 heterocycles. The van der Waals surface area contributed by atoms with Crippen LogP contribution < -0.4 is 5.32 Å². The number of benzene rings is 1. The highest BCUT2D eigenvalue weighted by molar-refractivity contribution is 5.89. The summed E-state index contributed by atoms with van der Waals surface area (Å²) in [5.74, 6) is 0. The van der Waals surface area contributed by atoms with Crippen molar-refractivity contribution in [2.45, 2.75) is 19.1 Å². The van der Waals surface area contributed by atoms with Gasteiger partial charge in [0.15, 0.2) is 0 Å². The van der Waals surface area contributed by atoms with Crippen molar-refractivity contribution in [1.29, 1.82) is 0 Å². The molecule has 6 nitrogen and oxygen atoms in total. The number of amides is 2. The second kappa shape index (κ2) is 6.91. The number of aliphatic hydroxyl groups is 1. The third kappa shape index (κ3) is 3.85. The zero-order valence-electron chi connectivity index (χ0n) is 13.1. The molecule has 1 aromatic heterocycles. The number of likely N-dealkylation sites (N-methyl/N-ethyl adjacent to an activating group) is 1. The second-order valence-corrected chi connectivity index (χ2v) is 5.25. The van der Waals surface area contributed by atoms with Crippen LogP contribution in [0.2, 0.25) is 0 Å². The summed E-state index contributed by atoms with van der Waals surface area (Å²) in [6.45, 7) is 1.50. The van der Waals surface area contributed by atoms with Crippen LogP contribution >= 0.6 is 0 Å². The molecule has 1 unspecified atom stereocenters. The summed E-state index contributed by atoms with van der Waals surface area (Å²) in [6, 6.07) is 5.91. The lowest BCUT2D eigenvalue weighted by atomic mass is 10.2. The van der Waals surface area contributed by atoms with Crippen molar-refractivity contribution in [1.82, 2.24) is 14.7 Å². The van der Waals surface area contributed by atoms with Gasteiger partial charge in [0.25, 0.3) is 0 Å². The van der Waals surface area contributed by atoms with Gasteiger partial charge in [-0.3, -0.25) is 0 Å². The molecule has 1 atom stereocenters. The highest BCUT2D eigenvalue weighted by Crippen LogP contribution is 2.30. The Labute approximate surface area is 136 Å². The maximum atomic E-state index is 12.9. The maximum absolute atomic E-state index is 12.9. The summed E-state index contributed by atoms with van der Waals surface area (Å²) < 4.78 is 39.4. The van der Waals surface area contributed by atoms with Crippen LogP contribution in [0.1, 0.15) is 12.6 Å². The van der Waals surface area contributed by atoms with Crippen molar-refractivity contribution in [3.63, 3.8) is 0 Å². The first-order chi connectivity index (χ1) is 11.2. The van der Waals surface area contributed by atoms with Crippen molar-refractivity contribution in [3.05, 3.63) is 42.2 Å². The number of nitrogens with one attached hydrogen (secondary N) is 1. The third-order valence-electron chi connectivity index (χ3n) is 3.54. The van der Waals surface area contributed by atoms with Crippen LogP contribution in [-0.2, 0) is 6.18 Å². The highest BCUT2D eigenvalue weighted by Gasteiger charge is 2.35. The van der Waals surface area contributed by atoms with Gasteiger partial charge in [0.05, 0.1) is 24.5 Å². The van der Waals surface area contributed by atoms with Crippen molar-refractivity contribution in [3.8, 4) is 5.69 Å². The van der Waals surface area contributed by atoms with E-state index < -0.39 is 17.9 Å². The minimum Gasteiger partial charge on any atom is -0.394 e. The summed E-state index contributed by atoms with van der Waals surface area (Å²) in [4.78, 5) is 13.3. The predicted molar refractivity (Wildman–Crippen MR) is 81.9 cm³/mol. The summed E-state index contributed by atoms with van der Waals surface area (Å²) in [6.07, 6.45) is -3.43. The van der Waals surface area contributed by atoms with Crippen LogP contribution in [0.25, 0.3) is 5.69 Å². The Bertz CT molecular complexity index is 697. The van der Waals surface area contributed by atoms with Gasteiger partial charge in [-0.2, -0.15) is 18.3 Å². The number of aliphatic hydroxyl groups excluding tert-OH is 1. The van der Waals surface area contributed by atoms with E-state index in [9.17, 15) is 18.0 Å². The Morgan fingerprint density at radius 2 is 1.96 bits per heavy atom. The highest BCUT2D eigenvalue weighted by atomic mass is 19.4. The molecule has 2 amide bonds. The number of alkyl halides is 3. The van der Waals surface area contributed by atoms with E-state index in [1.807, 2.05) is 0 Å². The van der Waals surface area contributed by atoms with Gasteiger partial charge in [0.1, 0.15) is 5.69 Å². The van der Waals surface area contributed by atoms with Crippen LogP contribution in [-0.4, -0.2) is 45.5 Å². The molecule has 0 aliphatic carbocycles. The Morgan fingerprint density at radius 3 is 2.50 bits per heavy atom. The standard InChI is InChI=1S/C15H17F3N4O2/c1-10(9-23)21(2)14(24)20-11-3-5-12(6-4-11)22-13(7-8-19-22)15(16,17)18/h3-8,10,23H,9H2,1-2H3,(H,20,24). The van der Waals surface area contributed by atoms with Gasteiger partial charge in [-0.05, 0) is 37.3 Å². The Kier molecular flexibility index (Phi) is 5.13. The first-order valence-electron chi connectivity index (χ1n) is 7.10. The van der Waals surface area contributed by atoms with Crippen LogP contribution in [0.5, 0.6) is 0 Å². The molecule has 24 heavy (non-hydrogen) atoms. The quantitative estimate of drug-likeness (QED) is 0.898. The summed E-state index contributed by atoms with van der Waals surface area (Å²) in [5.41, 5.74) is -0.236. The van der Waals surface area contributed by atoms with E-state index in [1.165, 1.54) is 36.2 Å². The SMILES string of the molecule is CC(CO)N(C)C(=O)Nc1ccc(-n2nccc2C(F)(F)F)cc1. The van der Waals surface area contributed by atoms with Gasteiger partial charge in [0.2, 0.25) is 0 Å². The Balaban J connectivity index is 2.15. The number of halogens is 3. The van der Waals surface area contributed by atoms with E-state index in [0.717, 1.165) is 16.9 Å². The number of anilines is 1. The average molecular weight is 342 g/mol. The van der Waals surface area contributed by atoms with Gasteiger partial charge in [-0.1, -0.05) is 0 Å². The zero-order chi connectivity index (χ0) is 17.9. The third-order valence-corrected chi connectivity index (χ3v) is 3.54. The minimum absolute atomic E-state index is 0.178. The number of urea groups is 1. The monoisotopic (exact) mass is 342 g/mol. The fraction of sp³-hybridized carbons (Fsp3) is 0.333. The molecule has 1 aromatic carbocycles. The molecule has 2 N–H and O–H groups in total. The van der Waals surface area contributed by atoms with Crippen molar-refractivity contribution >= 4 is 11.7 Å². The van der Waals surface area contributed by atoms with Crippen molar-refractivity contribution in [2.75, 3.05) is 19.0 Å². The van der Waals surface area contributed by atoms with E-state index in [1.54, 1.807) is 6.92 Å². The van der Waals surface area contributed by atoms with Crippen molar-refractivity contribution in [2.24, 2.45) is 0 Å². The Hall–Kier alpha value is -2.55. The van der Waals surface area contributed by atoms with Crippen LogP contribution in [0, 0.1) is 0 Å². The number of hydrogen-bond acceptors (Lipinski definition) is 3. The molecule has 0 bridgehead atoms. The first kappa shape index (κ1) is 17.8. The summed E-state index contributed by atoms with van der Waals surface area (Å²) >= 11 is 0. The number of hydrogen-bond donors (Lipinski definition) is 2. The molecule has 2 aromatic rings. The predicted octanol–water partition coefficient (Wildman–Crippen LogP) is 2.74. The lowest BCUT2D eigenvalue weighted by molar-refractivity contribution is -0.142. The van der Waals surface area contributed by atoms with E-state index in [-0.39, 0.29) is 18.3 Å². The molecular formula is C15H17F3N4O2. The zero-order valence-corrected chi connectivity index (χ0v) is 13.1. The first-order valence-corrected chi connectivity index (χ1v) is 7.10. The van der Waals surface area contributed by atoms with Crippen molar-refractivity contribution < 1.29 is 23.1 Å². The molecular weight excluding hydrogens is 325 g/mol. The van der Waals surface area contributed by atoms with Crippen LogP contribution in [0.3, 0.4) is 0 Å². The van der Waals surface area contributed by atoms with Gasteiger partial charge in [0, 0.05) is 12.7 Å². The molecule has 0 aliphatic rings. The Morgan fingerprint density at radius 1 is 1.33 bits per heavy atom. The average Bonchev–Trinajstić information content (AvgIpc) is 3.04. The number of rotatable bonds is 4. The van der Waals surface area contributed by atoms with Gasteiger partial charge < -0.3 is 15.3 Å². The normalized spacial score (nSPS) is 12.8. The van der Waals surface area contributed by atoms with E-state index >= 15 is 0 Å². The van der Waals surface area contributed by atoms with Crippen LogP contribution in [0.15, 0.2) is 36.5 Å². The van der Waals surface area contributed by atoms with Gasteiger partial charge in [-0.15, -0.1) is 0 Å². The summed E-state index contributed by atoms with van der Waals surface area (Å²) in [5, 5.41) is 15.3. The van der Waals surface area contributed by atoms with E-state index in [0.29, 0.717) is 5.69 Å². The number of carbonyl (C=O) groups is 1. The smallest absolute Gasteiger partial charge is 0.394 e. The lowest BCUT2D eigenvalue weighted by Gasteiger charge is -2.23. The largest absolute Gasteiger partial charge is 0.433 e. The molecule has 0 spiro atoms. The molecule has 0 saturated carbocycles. The lowest BCUT2D eigenvalue weighted by Crippen LogP contribution is -2.40. The number of nitrogens with zero attached hydrogens (tertiary/aromatic N) is 3. The molecule has 0 aliphatic heterocycles. The molecule has 0 fully saturated rings. The van der Waals surface area contributed by atoms with E-state index in [4.69, 9.17) is 5.11 Å². The molecule has 2 rings (SSSR count). The molecule has 130 valence electrons. The van der Waals surface area contributed by atoms with Gasteiger partial charge >= 0.3 is 12.2 Å². The number of aromatic nitrogens is 2. The number of carbonyl (C=O) groups excluding carboxylic acids is 1. The maximum Gasteiger partial charge on any atom is 0.433 e. The van der Waals surface area contributed by atoms with E-state index in [2.05, 4.69) is 10.4 Å². The fourth-order valence-corrected chi connectivity index (χ4v) is 1.94. The topological polar surface area (TPSA) is 70.4 Å². The molecule has 0 saturated heterocycles. The molecule has 0 radical (unpaired) electrons. The van der Waals surface area contributed by atoms with Gasteiger partial charge in [-0.25, -0.2) is 9.48 Å². The fourth-order valence-electron chi connectivity index (χ4n) is 1.94. The van der Waals surface area contributed by atoms with Crippen LogP contribution in [0.4, 0.5) is 23.7 Å². The molecule has 9 heteroatoms.